The number of para-hydroxylation sites is 1. The maximum Gasteiger partial charge on any atom is 0.137 e. The fourth-order valence-corrected chi connectivity index (χ4v) is 6.77. The van der Waals surface area contributed by atoms with Crippen molar-refractivity contribution in [3.63, 3.8) is 0 Å². The predicted molar refractivity (Wildman–Crippen MR) is 185 cm³/mol. The van der Waals surface area contributed by atoms with E-state index in [1.54, 1.807) is 0 Å². The number of pyridine rings is 1. The standard InChI is InChI=1S/C40H38N4O/c1-7-29-12-11-13-30(8-2)40(29)39-27(5)42-44(28(39)6)31-20-26(4)21-33(23-31)45-32-16-17-35-34-14-9-10-15-36(34)43(37(35)24-32)38-22-25(3)18-19-41-38/h9-24H,7-8H2,1-6H3. The number of hydrogen-bond acceptors (Lipinski definition) is 3. The van der Waals surface area contributed by atoms with Gasteiger partial charge in [0.2, 0.25) is 0 Å². The van der Waals surface area contributed by atoms with Gasteiger partial charge in [0.1, 0.15) is 17.3 Å². The molecular weight excluding hydrogens is 552 g/mol. The highest BCUT2D eigenvalue weighted by molar-refractivity contribution is 6.09. The van der Waals surface area contributed by atoms with Crippen LogP contribution in [0.1, 0.15) is 47.5 Å². The molecule has 0 aliphatic carbocycles. The molecule has 0 radical (unpaired) electrons. The minimum absolute atomic E-state index is 0.772. The van der Waals surface area contributed by atoms with E-state index in [-0.39, 0.29) is 0 Å². The Hall–Kier alpha value is -5.16. The van der Waals surface area contributed by atoms with Gasteiger partial charge in [0.25, 0.3) is 0 Å². The molecule has 0 aliphatic rings. The molecule has 0 unspecified atom stereocenters. The Balaban J connectivity index is 1.31. The Kier molecular flexibility index (Phi) is 7.25. The van der Waals surface area contributed by atoms with E-state index in [0.717, 1.165) is 63.8 Å². The van der Waals surface area contributed by atoms with Gasteiger partial charge in [-0.1, -0.05) is 50.2 Å². The van der Waals surface area contributed by atoms with Crippen molar-refractivity contribution < 1.29 is 4.74 Å². The smallest absolute Gasteiger partial charge is 0.137 e. The number of hydrogen-bond donors (Lipinski definition) is 0. The first-order valence-corrected chi connectivity index (χ1v) is 15.8. The van der Waals surface area contributed by atoms with Crippen molar-refractivity contribution in [1.82, 2.24) is 19.3 Å². The lowest BCUT2D eigenvalue weighted by molar-refractivity contribution is 0.482. The van der Waals surface area contributed by atoms with Gasteiger partial charge in [0, 0.05) is 40.4 Å². The van der Waals surface area contributed by atoms with Crippen LogP contribution in [-0.2, 0) is 12.8 Å². The molecule has 0 N–H and O–H groups in total. The lowest BCUT2D eigenvalue weighted by Gasteiger charge is -2.15. The van der Waals surface area contributed by atoms with E-state index in [1.165, 1.54) is 38.6 Å². The molecule has 0 fully saturated rings. The third-order valence-electron chi connectivity index (χ3n) is 8.83. The van der Waals surface area contributed by atoms with Gasteiger partial charge < -0.3 is 4.74 Å². The monoisotopic (exact) mass is 590 g/mol. The van der Waals surface area contributed by atoms with E-state index in [9.17, 15) is 0 Å². The Labute approximate surface area is 264 Å². The molecule has 224 valence electrons. The van der Waals surface area contributed by atoms with Gasteiger partial charge in [-0.15, -0.1) is 0 Å². The Bertz CT molecular complexity index is 2200. The zero-order valence-electron chi connectivity index (χ0n) is 26.8. The van der Waals surface area contributed by atoms with E-state index >= 15 is 0 Å². The van der Waals surface area contributed by atoms with Crippen molar-refractivity contribution in [2.45, 2.75) is 54.4 Å². The minimum Gasteiger partial charge on any atom is -0.457 e. The second-order valence-electron chi connectivity index (χ2n) is 11.9. The summed E-state index contributed by atoms with van der Waals surface area (Å²) in [5, 5.41) is 7.42. The van der Waals surface area contributed by atoms with Crippen LogP contribution in [-0.4, -0.2) is 19.3 Å². The Morgan fingerprint density at radius 2 is 1.40 bits per heavy atom. The van der Waals surface area contributed by atoms with E-state index in [1.807, 2.05) is 12.3 Å². The Morgan fingerprint density at radius 1 is 0.644 bits per heavy atom. The molecular formula is C40H38N4O. The summed E-state index contributed by atoms with van der Waals surface area (Å²) in [7, 11) is 0. The summed E-state index contributed by atoms with van der Waals surface area (Å²) in [5.74, 6) is 2.44. The molecule has 3 heterocycles. The number of ether oxygens (including phenoxy) is 1. The van der Waals surface area contributed by atoms with Gasteiger partial charge in [-0.25, -0.2) is 9.67 Å². The van der Waals surface area contributed by atoms with Crippen LogP contribution >= 0.6 is 0 Å². The number of aryl methyl sites for hydroxylation is 5. The third kappa shape index (κ3) is 4.98. The molecule has 0 saturated heterocycles. The van der Waals surface area contributed by atoms with Crippen LogP contribution in [0.2, 0.25) is 0 Å². The van der Waals surface area contributed by atoms with Crippen LogP contribution < -0.4 is 4.74 Å². The summed E-state index contributed by atoms with van der Waals surface area (Å²) in [6.07, 6.45) is 3.84. The highest BCUT2D eigenvalue weighted by atomic mass is 16.5. The first-order chi connectivity index (χ1) is 21.9. The lowest BCUT2D eigenvalue weighted by Crippen LogP contribution is -2.01. The van der Waals surface area contributed by atoms with Crippen molar-refractivity contribution in [2.75, 3.05) is 0 Å². The summed E-state index contributed by atoms with van der Waals surface area (Å²) in [5.41, 5.74) is 12.9. The quantitative estimate of drug-likeness (QED) is 0.186. The van der Waals surface area contributed by atoms with Crippen molar-refractivity contribution in [3.8, 4) is 34.1 Å². The Morgan fingerprint density at radius 3 is 2.16 bits per heavy atom. The molecule has 0 amide bonds. The first kappa shape index (κ1) is 28.6. The van der Waals surface area contributed by atoms with Crippen molar-refractivity contribution in [1.29, 1.82) is 0 Å². The molecule has 0 saturated carbocycles. The second kappa shape index (κ2) is 11.4. The van der Waals surface area contributed by atoms with Crippen molar-refractivity contribution in [2.24, 2.45) is 0 Å². The maximum absolute atomic E-state index is 6.60. The summed E-state index contributed by atoms with van der Waals surface area (Å²) in [4.78, 5) is 4.73. The number of nitrogens with zero attached hydrogens (tertiary/aromatic N) is 4. The lowest BCUT2D eigenvalue weighted by atomic mass is 9.91. The molecule has 0 spiro atoms. The van der Waals surface area contributed by atoms with Gasteiger partial charge in [-0.2, -0.15) is 5.10 Å². The SMILES string of the molecule is CCc1cccc(CC)c1-c1c(C)nn(-c2cc(C)cc(Oc3ccc4c5ccccc5n(-c5cc(C)ccn5)c4c3)c2)c1C. The summed E-state index contributed by atoms with van der Waals surface area (Å²) in [6, 6.07) is 32.0. The van der Waals surface area contributed by atoms with E-state index < -0.39 is 0 Å². The molecule has 0 aliphatic heterocycles. The van der Waals surface area contributed by atoms with Crippen LogP contribution in [0.5, 0.6) is 11.5 Å². The molecule has 7 aromatic rings. The highest BCUT2D eigenvalue weighted by Crippen LogP contribution is 2.37. The maximum atomic E-state index is 6.60. The summed E-state index contributed by atoms with van der Waals surface area (Å²) >= 11 is 0. The molecule has 7 rings (SSSR count). The highest BCUT2D eigenvalue weighted by Gasteiger charge is 2.20. The van der Waals surface area contributed by atoms with Crippen LogP contribution in [0.25, 0.3) is 44.4 Å². The predicted octanol–water partition coefficient (Wildman–Crippen LogP) is 10.2. The largest absolute Gasteiger partial charge is 0.457 e. The number of fused-ring (bicyclic) bond motifs is 3. The van der Waals surface area contributed by atoms with Gasteiger partial charge >= 0.3 is 0 Å². The molecule has 5 nitrogen and oxygen atoms in total. The van der Waals surface area contributed by atoms with Crippen LogP contribution in [0.3, 0.4) is 0 Å². The van der Waals surface area contributed by atoms with Crippen molar-refractivity contribution in [3.05, 3.63) is 131 Å². The summed E-state index contributed by atoms with van der Waals surface area (Å²) < 4.78 is 10.9. The van der Waals surface area contributed by atoms with Gasteiger partial charge in [-0.05, 0) is 111 Å². The molecule has 0 bridgehead atoms. The average molecular weight is 591 g/mol. The number of aromatic nitrogens is 4. The van der Waals surface area contributed by atoms with Gasteiger partial charge in [0.15, 0.2) is 0 Å². The molecule has 5 heteroatoms. The normalized spacial score (nSPS) is 11.5. The fourth-order valence-electron chi connectivity index (χ4n) is 6.77. The topological polar surface area (TPSA) is 44.9 Å². The third-order valence-corrected chi connectivity index (χ3v) is 8.83. The zero-order chi connectivity index (χ0) is 31.2. The molecule has 4 aromatic carbocycles. The zero-order valence-corrected chi connectivity index (χ0v) is 26.8. The fraction of sp³-hybridized carbons (Fsp3) is 0.200. The average Bonchev–Trinajstić information content (AvgIpc) is 3.52. The number of benzene rings is 4. The van der Waals surface area contributed by atoms with Crippen molar-refractivity contribution >= 4 is 21.8 Å². The molecule has 3 aromatic heterocycles. The van der Waals surface area contributed by atoms with E-state index in [2.05, 4.69) is 136 Å². The molecule has 45 heavy (non-hydrogen) atoms. The number of rotatable bonds is 7. The van der Waals surface area contributed by atoms with E-state index in [4.69, 9.17) is 14.8 Å². The van der Waals surface area contributed by atoms with Crippen LogP contribution in [0.4, 0.5) is 0 Å². The van der Waals surface area contributed by atoms with Crippen LogP contribution in [0, 0.1) is 27.7 Å². The summed E-state index contributed by atoms with van der Waals surface area (Å²) in [6.45, 7) is 13.0. The van der Waals surface area contributed by atoms with Gasteiger partial charge in [0.05, 0.1) is 22.4 Å². The van der Waals surface area contributed by atoms with Gasteiger partial charge in [-0.3, -0.25) is 4.57 Å². The molecule has 0 atom stereocenters. The second-order valence-corrected chi connectivity index (χ2v) is 11.9. The minimum atomic E-state index is 0.772. The first-order valence-electron chi connectivity index (χ1n) is 15.8. The van der Waals surface area contributed by atoms with E-state index in [0.29, 0.717) is 0 Å². The van der Waals surface area contributed by atoms with Crippen LogP contribution in [0.15, 0.2) is 97.2 Å².